The Morgan fingerprint density at radius 3 is 2.79 bits per heavy atom. The SMILES string of the molecule is Cc1nc(C(C)Nc2ccc([N+](=O)[O-])c(Br)c2)cs1. The van der Waals surface area contributed by atoms with Gasteiger partial charge in [0.25, 0.3) is 5.69 Å². The molecule has 1 atom stereocenters. The van der Waals surface area contributed by atoms with E-state index in [-0.39, 0.29) is 11.7 Å². The van der Waals surface area contributed by atoms with Crippen LogP contribution >= 0.6 is 27.3 Å². The number of thiazole rings is 1. The van der Waals surface area contributed by atoms with Crippen molar-refractivity contribution >= 4 is 38.6 Å². The lowest BCUT2D eigenvalue weighted by Crippen LogP contribution is -2.07. The zero-order chi connectivity index (χ0) is 14.0. The fourth-order valence-corrected chi connectivity index (χ4v) is 2.88. The summed E-state index contributed by atoms with van der Waals surface area (Å²) in [6.07, 6.45) is 0. The molecular weight excluding hydrogens is 330 g/mol. The van der Waals surface area contributed by atoms with Gasteiger partial charge in [0.2, 0.25) is 0 Å². The van der Waals surface area contributed by atoms with Gasteiger partial charge in [-0.05, 0) is 41.9 Å². The van der Waals surface area contributed by atoms with Crippen molar-refractivity contribution in [3.63, 3.8) is 0 Å². The number of aryl methyl sites for hydroxylation is 1. The van der Waals surface area contributed by atoms with Crippen molar-refractivity contribution in [1.82, 2.24) is 4.98 Å². The number of nitrogens with zero attached hydrogens (tertiary/aromatic N) is 2. The van der Waals surface area contributed by atoms with Gasteiger partial charge in [0, 0.05) is 17.1 Å². The molecule has 1 heterocycles. The summed E-state index contributed by atoms with van der Waals surface area (Å²) in [5, 5.41) is 17.0. The van der Waals surface area contributed by atoms with Gasteiger partial charge in [-0.15, -0.1) is 11.3 Å². The van der Waals surface area contributed by atoms with Gasteiger partial charge < -0.3 is 5.32 Å². The van der Waals surface area contributed by atoms with Crippen LogP contribution in [0.5, 0.6) is 0 Å². The maximum absolute atomic E-state index is 10.7. The first kappa shape index (κ1) is 14.0. The van der Waals surface area contributed by atoms with Crippen LogP contribution < -0.4 is 5.32 Å². The molecule has 0 spiro atoms. The zero-order valence-corrected chi connectivity index (χ0v) is 12.8. The number of anilines is 1. The van der Waals surface area contributed by atoms with Crippen molar-refractivity contribution in [2.24, 2.45) is 0 Å². The maximum Gasteiger partial charge on any atom is 0.283 e. The van der Waals surface area contributed by atoms with Gasteiger partial charge in [-0.3, -0.25) is 10.1 Å². The second-order valence-electron chi connectivity index (χ2n) is 4.08. The maximum atomic E-state index is 10.7. The number of aromatic nitrogens is 1. The van der Waals surface area contributed by atoms with E-state index in [0.29, 0.717) is 4.47 Å². The normalized spacial score (nSPS) is 12.2. The highest BCUT2D eigenvalue weighted by atomic mass is 79.9. The van der Waals surface area contributed by atoms with E-state index in [2.05, 4.69) is 26.2 Å². The summed E-state index contributed by atoms with van der Waals surface area (Å²) < 4.78 is 0.462. The largest absolute Gasteiger partial charge is 0.377 e. The first-order chi connectivity index (χ1) is 8.97. The Morgan fingerprint density at radius 2 is 2.26 bits per heavy atom. The van der Waals surface area contributed by atoms with Crippen molar-refractivity contribution in [3.05, 3.63) is 48.9 Å². The number of hydrogen-bond acceptors (Lipinski definition) is 5. The van der Waals surface area contributed by atoms with Crippen LogP contribution in [0, 0.1) is 17.0 Å². The number of nitro groups is 1. The highest BCUT2D eigenvalue weighted by Crippen LogP contribution is 2.29. The Labute approximate surface area is 123 Å². The van der Waals surface area contributed by atoms with E-state index in [9.17, 15) is 10.1 Å². The fraction of sp³-hybridized carbons (Fsp3) is 0.250. The third-order valence-electron chi connectivity index (χ3n) is 2.61. The average molecular weight is 342 g/mol. The predicted octanol–water partition coefficient (Wildman–Crippen LogP) is 4.30. The summed E-state index contributed by atoms with van der Waals surface area (Å²) in [6.45, 7) is 3.97. The third kappa shape index (κ3) is 3.30. The Morgan fingerprint density at radius 1 is 1.53 bits per heavy atom. The van der Waals surface area contributed by atoms with Crippen LogP contribution in [0.4, 0.5) is 11.4 Å². The topological polar surface area (TPSA) is 68.1 Å². The standard InChI is InChI=1S/C12H12BrN3O2S/c1-7(11-6-19-8(2)15-11)14-9-3-4-12(16(17)18)10(13)5-9/h3-7,14H,1-2H3. The van der Waals surface area contributed by atoms with Crippen molar-refractivity contribution in [2.75, 3.05) is 5.32 Å². The smallest absolute Gasteiger partial charge is 0.283 e. The Hall–Kier alpha value is -1.47. The minimum atomic E-state index is -0.416. The highest BCUT2D eigenvalue weighted by molar-refractivity contribution is 9.10. The van der Waals surface area contributed by atoms with Crippen LogP contribution in [0.3, 0.4) is 0 Å². The number of rotatable bonds is 4. The van der Waals surface area contributed by atoms with Crippen LogP contribution in [-0.4, -0.2) is 9.91 Å². The molecule has 0 amide bonds. The van der Waals surface area contributed by atoms with Gasteiger partial charge >= 0.3 is 0 Å². The molecule has 0 bridgehead atoms. The molecule has 2 aromatic rings. The van der Waals surface area contributed by atoms with Crippen LogP contribution in [0.25, 0.3) is 0 Å². The molecule has 0 radical (unpaired) electrons. The molecule has 1 N–H and O–H groups in total. The molecule has 0 saturated carbocycles. The molecule has 1 unspecified atom stereocenters. The lowest BCUT2D eigenvalue weighted by Gasteiger charge is -2.13. The van der Waals surface area contributed by atoms with Gasteiger partial charge in [0.1, 0.15) is 0 Å². The van der Waals surface area contributed by atoms with Gasteiger partial charge in [0.05, 0.1) is 26.1 Å². The summed E-state index contributed by atoms with van der Waals surface area (Å²) in [4.78, 5) is 14.7. The zero-order valence-electron chi connectivity index (χ0n) is 10.4. The van der Waals surface area contributed by atoms with Gasteiger partial charge in [-0.1, -0.05) is 0 Å². The van der Waals surface area contributed by atoms with E-state index in [1.165, 1.54) is 6.07 Å². The van der Waals surface area contributed by atoms with Gasteiger partial charge in [-0.25, -0.2) is 4.98 Å². The van der Waals surface area contributed by atoms with Crippen LogP contribution in [0.15, 0.2) is 28.1 Å². The van der Waals surface area contributed by atoms with Crippen molar-refractivity contribution in [3.8, 4) is 0 Å². The molecule has 0 aliphatic rings. The van der Waals surface area contributed by atoms with Crippen molar-refractivity contribution in [2.45, 2.75) is 19.9 Å². The first-order valence-corrected chi connectivity index (χ1v) is 7.27. The molecule has 5 nitrogen and oxygen atoms in total. The number of benzene rings is 1. The molecule has 0 saturated heterocycles. The molecule has 0 fully saturated rings. The quantitative estimate of drug-likeness (QED) is 0.665. The van der Waals surface area contributed by atoms with Crippen LogP contribution in [0.2, 0.25) is 0 Å². The molecule has 0 aliphatic carbocycles. The molecule has 1 aromatic heterocycles. The van der Waals surface area contributed by atoms with E-state index < -0.39 is 4.92 Å². The van der Waals surface area contributed by atoms with E-state index in [4.69, 9.17) is 0 Å². The van der Waals surface area contributed by atoms with E-state index in [1.54, 1.807) is 23.5 Å². The second-order valence-corrected chi connectivity index (χ2v) is 6.00. The molecule has 0 aliphatic heterocycles. The third-order valence-corrected chi connectivity index (χ3v) is 4.03. The minimum absolute atomic E-state index is 0.0540. The van der Waals surface area contributed by atoms with Crippen molar-refractivity contribution < 1.29 is 4.92 Å². The lowest BCUT2D eigenvalue weighted by molar-refractivity contribution is -0.385. The number of nitrogens with one attached hydrogen (secondary N) is 1. The molecule has 100 valence electrons. The summed E-state index contributed by atoms with van der Waals surface area (Å²) in [6, 6.07) is 4.93. The Bertz CT molecular complexity index is 615. The summed E-state index contributed by atoms with van der Waals surface area (Å²) in [5.74, 6) is 0. The number of hydrogen-bond donors (Lipinski definition) is 1. The lowest BCUT2D eigenvalue weighted by atomic mass is 10.2. The van der Waals surface area contributed by atoms with Crippen LogP contribution in [0.1, 0.15) is 23.7 Å². The van der Waals surface area contributed by atoms with E-state index >= 15 is 0 Å². The predicted molar refractivity (Wildman–Crippen MR) is 79.7 cm³/mol. The molecular formula is C12H12BrN3O2S. The van der Waals surface area contributed by atoms with Gasteiger partial charge in [0.15, 0.2) is 0 Å². The number of nitro benzene ring substituents is 1. The number of halogens is 1. The Kier molecular flexibility index (Phi) is 4.16. The Balaban J connectivity index is 2.15. The van der Waals surface area contributed by atoms with E-state index in [0.717, 1.165) is 16.4 Å². The monoisotopic (exact) mass is 341 g/mol. The molecule has 2 rings (SSSR count). The summed E-state index contributed by atoms with van der Waals surface area (Å²) >= 11 is 4.81. The van der Waals surface area contributed by atoms with Crippen molar-refractivity contribution in [1.29, 1.82) is 0 Å². The summed E-state index contributed by atoms with van der Waals surface area (Å²) in [7, 11) is 0. The molecule has 7 heteroatoms. The van der Waals surface area contributed by atoms with Crippen LogP contribution in [-0.2, 0) is 0 Å². The average Bonchev–Trinajstić information content (AvgIpc) is 2.75. The first-order valence-electron chi connectivity index (χ1n) is 5.60. The molecule has 19 heavy (non-hydrogen) atoms. The minimum Gasteiger partial charge on any atom is -0.377 e. The fourth-order valence-electron chi connectivity index (χ4n) is 1.65. The highest BCUT2D eigenvalue weighted by Gasteiger charge is 2.13. The second kappa shape index (κ2) is 5.66. The molecule has 1 aromatic carbocycles. The van der Waals surface area contributed by atoms with E-state index in [1.807, 2.05) is 19.2 Å². The van der Waals surface area contributed by atoms with Gasteiger partial charge in [-0.2, -0.15) is 0 Å². The summed E-state index contributed by atoms with van der Waals surface area (Å²) in [5.41, 5.74) is 1.84.